The average molecular weight is 755 g/mol. The molecule has 304 valence electrons. The topological polar surface area (TPSA) is 28.7 Å². The maximum Gasteiger partial charge on any atom is 0.0457 e. The fourth-order valence-electron chi connectivity index (χ4n) is 6.94. The summed E-state index contributed by atoms with van der Waals surface area (Å²) in [5, 5.41) is 1.29. The van der Waals surface area contributed by atoms with E-state index in [-0.39, 0.29) is 16.2 Å². The number of nitrogens with one attached hydrogen (secondary N) is 1. The lowest BCUT2D eigenvalue weighted by molar-refractivity contribution is 0.180. The van der Waals surface area contributed by atoms with Crippen LogP contribution in [0.2, 0.25) is 0 Å². The Balaban J connectivity index is 0.000000189. The van der Waals surface area contributed by atoms with Crippen LogP contribution in [0, 0.1) is 11.3 Å². The molecule has 0 saturated heterocycles. The Morgan fingerprint density at radius 1 is 0.536 bits per heavy atom. The SMILES string of the molecule is CC(C)(C)C1CCCCC1.CC(C)(C)c1ccc2c(c1)C=CC2.CC(C)(C)c1ccc2cc[nH]c2c1.CC(C)(C)c1ccccc1.CC(C)(C)c1ccccn1. The van der Waals surface area contributed by atoms with E-state index in [1.807, 2.05) is 24.5 Å². The van der Waals surface area contributed by atoms with Crippen LogP contribution in [0.25, 0.3) is 17.0 Å². The second-order valence-electron chi connectivity index (χ2n) is 21.1. The molecule has 1 fully saturated rings. The van der Waals surface area contributed by atoms with Gasteiger partial charge in [-0.15, -0.1) is 0 Å². The average Bonchev–Trinajstić information content (AvgIpc) is 3.82. The van der Waals surface area contributed by atoms with Gasteiger partial charge in [0.05, 0.1) is 0 Å². The van der Waals surface area contributed by atoms with E-state index in [0.29, 0.717) is 10.8 Å². The number of fused-ring (bicyclic) bond motifs is 2. The maximum absolute atomic E-state index is 4.25. The third-order valence-corrected chi connectivity index (χ3v) is 11.0. The van der Waals surface area contributed by atoms with Gasteiger partial charge in [-0.05, 0) is 104 Å². The van der Waals surface area contributed by atoms with Crippen LogP contribution >= 0.6 is 0 Å². The van der Waals surface area contributed by atoms with Crippen LogP contribution in [0.5, 0.6) is 0 Å². The lowest BCUT2D eigenvalue weighted by atomic mass is 9.72. The highest BCUT2D eigenvalue weighted by atomic mass is 14.7. The second kappa shape index (κ2) is 20.0. The molecule has 0 spiro atoms. The summed E-state index contributed by atoms with van der Waals surface area (Å²) in [5.74, 6) is 1.00. The molecular formula is C54H78N2. The van der Waals surface area contributed by atoms with Gasteiger partial charge in [-0.25, -0.2) is 0 Å². The smallest absolute Gasteiger partial charge is 0.0457 e. The summed E-state index contributed by atoms with van der Waals surface area (Å²) in [4.78, 5) is 7.48. The normalized spacial score (nSPS) is 14.5. The predicted octanol–water partition coefficient (Wildman–Crippen LogP) is 16.0. The molecule has 2 aliphatic rings. The Hall–Kier alpha value is -3.91. The van der Waals surface area contributed by atoms with Crippen molar-refractivity contribution in [3.63, 3.8) is 0 Å². The molecule has 0 unspecified atom stereocenters. The first kappa shape index (κ1) is 46.5. The number of hydrogen-bond donors (Lipinski definition) is 1. The molecular weight excluding hydrogens is 677 g/mol. The number of aromatic nitrogens is 2. The number of nitrogens with zero attached hydrogens (tertiary/aromatic N) is 1. The van der Waals surface area contributed by atoms with Gasteiger partial charge in [0.1, 0.15) is 0 Å². The summed E-state index contributed by atoms with van der Waals surface area (Å²) in [7, 11) is 0. The first-order chi connectivity index (χ1) is 26.0. The van der Waals surface area contributed by atoms with Gasteiger partial charge >= 0.3 is 0 Å². The molecule has 0 amide bonds. The summed E-state index contributed by atoms with van der Waals surface area (Å²) in [6, 6.07) is 32.1. The number of H-pyrrole nitrogens is 1. The van der Waals surface area contributed by atoms with E-state index in [4.69, 9.17) is 0 Å². The molecule has 5 aromatic rings. The Morgan fingerprint density at radius 2 is 1.11 bits per heavy atom. The highest BCUT2D eigenvalue weighted by molar-refractivity contribution is 5.80. The highest BCUT2D eigenvalue weighted by Crippen LogP contribution is 2.37. The molecule has 0 atom stereocenters. The number of hydrogen-bond acceptors (Lipinski definition) is 1. The van der Waals surface area contributed by atoms with Crippen LogP contribution in [0.3, 0.4) is 0 Å². The predicted molar refractivity (Wildman–Crippen MR) is 249 cm³/mol. The monoisotopic (exact) mass is 755 g/mol. The fourth-order valence-corrected chi connectivity index (χ4v) is 6.94. The molecule has 2 aromatic heterocycles. The fraction of sp³-hybridized carbons (Fsp3) is 0.500. The van der Waals surface area contributed by atoms with Crippen molar-refractivity contribution in [2.24, 2.45) is 11.3 Å². The van der Waals surface area contributed by atoms with Crippen molar-refractivity contribution in [1.29, 1.82) is 0 Å². The summed E-state index contributed by atoms with van der Waals surface area (Å²) in [5.41, 5.74) is 11.0. The molecule has 2 nitrogen and oxygen atoms in total. The van der Waals surface area contributed by atoms with Crippen LogP contribution in [-0.2, 0) is 28.1 Å². The zero-order valence-corrected chi connectivity index (χ0v) is 38.2. The van der Waals surface area contributed by atoms with E-state index in [1.165, 1.54) is 70.8 Å². The molecule has 56 heavy (non-hydrogen) atoms. The Bertz CT molecular complexity index is 1830. The number of rotatable bonds is 0. The van der Waals surface area contributed by atoms with Crippen LogP contribution in [0.15, 0.2) is 109 Å². The second-order valence-corrected chi connectivity index (χ2v) is 21.1. The van der Waals surface area contributed by atoms with Crippen LogP contribution < -0.4 is 0 Å². The molecule has 3 aromatic carbocycles. The molecule has 0 aliphatic heterocycles. The molecule has 2 heterocycles. The van der Waals surface area contributed by atoms with Gasteiger partial charge in [-0.1, -0.05) is 202 Å². The highest BCUT2D eigenvalue weighted by Gasteiger charge is 2.25. The van der Waals surface area contributed by atoms with Gasteiger partial charge in [0.15, 0.2) is 0 Å². The van der Waals surface area contributed by atoms with E-state index < -0.39 is 0 Å². The van der Waals surface area contributed by atoms with Gasteiger partial charge in [0, 0.05) is 29.0 Å². The quantitative estimate of drug-likeness (QED) is 0.168. The standard InChI is InChI=1S/C13H16.C12H15N.C10H20.C10H14.C9H13N/c1-13(2,3)12-8-7-10-5-4-6-11(10)9-12;1-12(2,3)10-5-4-9-6-7-13-11(9)8-10;2*1-10(2,3)9-7-5-4-6-8-9;1-9(2,3)8-6-4-5-7-10-8/h4,6-9H,5H2,1-3H3;4-8,13H,1-3H3;9H,4-8H2,1-3H3;4-8H,1-3H3;4-7H,1-3H3. The number of aromatic amines is 1. The zero-order chi connectivity index (χ0) is 41.8. The Kier molecular flexibility index (Phi) is 16.6. The Morgan fingerprint density at radius 3 is 1.59 bits per heavy atom. The van der Waals surface area contributed by atoms with Gasteiger partial charge in [-0.3, -0.25) is 4.98 Å². The summed E-state index contributed by atoms with van der Waals surface area (Å²) >= 11 is 0. The first-order valence-electron chi connectivity index (χ1n) is 21.3. The molecule has 7 rings (SSSR count). The third-order valence-electron chi connectivity index (χ3n) is 11.0. The van der Waals surface area contributed by atoms with Gasteiger partial charge in [0.2, 0.25) is 0 Å². The summed E-state index contributed by atoms with van der Waals surface area (Å²) < 4.78 is 0. The minimum atomic E-state index is 0.182. The third kappa shape index (κ3) is 15.6. The lowest BCUT2D eigenvalue weighted by Crippen LogP contribution is -2.22. The van der Waals surface area contributed by atoms with Crippen LogP contribution in [0.4, 0.5) is 0 Å². The van der Waals surface area contributed by atoms with Gasteiger partial charge in [0.25, 0.3) is 0 Å². The molecule has 2 heteroatoms. The molecule has 2 aliphatic carbocycles. The first-order valence-corrected chi connectivity index (χ1v) is 21.3. The van der Waals surface area contributed by atoms with Gasteiger partial charge < -0.3 is 4.98 Å². The number of allylic oxidation sites excluding steroid dienone is 1. The van der Waals surface area contributed by atoms with Crippen LogP contribution in [-0.4, -0.2) is 9.97 Å². The van der Waals surface area contributed by atoms with Crippen molar-refractivity contribution < 1.29 is 0 Å². The molecule has 1 N–H and O–H groups in total. The number of benzene rings is 3. The van der Waals surface area contributed by atoms with Crippen molar-refractivity contribution in [1.82, 2.24) is 9.97 Å². The summed E-state index contributed by atoms with van der Waals surface area (Å²) in [6.45, 7) is 33.8. The van der Waals surface area contributed by atoms with E-state index in [2.05, 4.69) is 205 Å². The van der Waals surface area contributed by atoms with Crippen molar-refractivity contribution in [3.05, 3.63) is 143 Å². The van der Waals surface area contributed by atoms with E-state index in [9.17, 15) is 0 Å². The van der Waals surface area contributed by atoms with Crippen molar-refractivity contribution in [3.8, 4) is 0 Å². The minimum absolute atomic E-state index is 0.182. The number of pyridine rings is 1. The molecule has 0 bridgehead atoms. The lowest BCUT2D eigenvalue weighted by Gasteiger charge is -2.33. The van der Waals surface area contributed by atoms with Crippen LogP contribution in [0.1, 0.15) is 169 Å². The zero-order valence-electron chi connectivity index (χ0n) is 38.2. The van der Waals surface area contributed by atoms with E-state index in [0.717, 1.165) is 18.0 Å². The maximum atomic E-state index is 4.25. The minimum Gasteiger partial charge on any atom is -0.361 e. The van der Waals surface area contributed by atoms with Crippen molar-refractivity contribution in [2.45, 2.75) is 164 Å². The van der Waals surface area contributed by atoms with E-state index in [1.54, 1.807) is 0 Å². The molecule has 0 radical (unpaired) electrons. The summed E-state index contributed by atoms with van der Waals surface area (Å²) in [6.07, 6.45) is 16.8. The van der Waals surface area contributed by atoms with Crippen molar-refractivity contribution >= 4 is 17.0 Å². The largest absolute Gasteiger partial charge is 0.361 e. The van der Waals surface area contributed by atoms with Gasteiger partial charge in [-0.2, -0.15) is 0 Å². The van der Waals surface area contributed by atoms with Crippen molar-refractivity contribution in [2.75, 3.05) is 0 Å². The molecule has 1 saturated carbocycles. The van der Waals surface area contributed by atoms with E-state index >= 15 is 0 Å². The Labute approximate surface area is 344 Å².